The molecule has 1 heterocycles. The van der Waals surface area contributed by atoms with Gasteiger partial charge in [-0.1, -0.05) is 36.7 Å². The molecule has 0 saturated heterocycles. The number of rotatable bonds is 6. The Bertz CT molecular complexity index is 936. The number of anilines is 1. The first kappa shape index (κ1) is 18.9. The summed E-state index contributed by atoms with van der Waals surface area (Å²) in [6.45, 7) is 5.80. The predicted octanol–water partition coefficient (Wildman–Crippen LogP) is 4.84. The molecular weight excluding hydrogens is 366 g/mol. The zero-order valence-electron chi connectivity index (χ0n) is 15.3. The summed E-state index contributed by atoms with van der Waals surface area (Å²) in [5.74, 6) is 1.63. The topological polar surface area (TPSA) is 77.2 Å². The Labute approximate surface area is 162 Å². The van der Waals surface area contributed by atoms with Gasteiger partial charge in [0.15, 0.2) is 12.4 Å². The van der Waals surface area contributed by atoms with Crippen LogP contribution in [0.5, 0.6) is 5.75 Å². The molecule has 0 radical (unpaired) electrons. The highest BCUT2D eigenvalue weighted by atomic mass is 35.5. The standard InChI is InChI=1S/C20H20ClN3O3/c1-12(2)19-23-20(27-24-19)14-5-8-16(9-6-14)26-11-18(25)22-15-7-4-13(3)17(21)10-15/h4-10,12H,11H2,1-3H3,(H,22,25). The van der Waals surface area contributed by atoms with Crippen molar-refractivity contribution in [3.8, 4) is 17.2 Å². The molecule has 1 N–H and O–H groups in total. The van der Waals surface area contributed by atoms with E-state index in [0.717, 1.165) is 11.1 Å². The van der Waals surface area contributed by atoms with E-state index in [1.807, 2.05) is 39.0 Å². The van der Waals surface area contributed by atoms with Crippen molar-refractivity contribution in [2.75, 3.05) is 11.9 Å². The average molecular weight is 386 g/mol. The third kappa shape index (κ3) is 4.86. The number of halogens is 1. The van der Waals surface area contributed by atoms with Crippen LogP contribution in [-0.4, -0.2) is 22.7 Å². The van der Waals surface area contributed by atoms with E-state index in [1.54, 1.807) is 24.3 Å². The van der Waals surface area contributed by atoms with Crippen molar-refractivity contribution in [3.63, 3.8) is 0 Å². The van der Waals surface area contributed by atoms with Gasteiger partial charge in [-0.15, -0.1) is 0 Å². The Morgan fingerprint density at radius 2 is 1.96 bits per heavy atom. The lowest BCUT2D eigenvalue weighted by Gasteiger charge is -2.08. The Morgan fingerprint density at radius 3 is 2.59 bits per heavy atom. The molecule has 0 aliphatic heterocycles. The first-order valence-corrected chi connectivity index (χ1v) is 8.93. The van der Waals surface area contributed by atoms with Crippen LogP contribution in [0.4, 0.5) is 5.69 Å². The van der Waals surface area contributed by atoms with Crippen LogP contribution in [0, 0.1) is 6.92 Å². The van der Waals surface area contributed by atoms with Crippen molar-refractivity contribution in [2.45, 2.75) is 26.7 Å². The summed E-state index contributed by atoms with van der Waals surface area (Å²) >= 11 is 6.05. The number of aryl methyl sites for hydroxylation is 1. The lowest BCUT2D eigenvalue weighted by atomic mass is 10.2. The minimum absolute atomic E-state index is 0.108. The van der Waals surface area contributed by atoms with Gasteiger partial charge >= 0.3 is 0 Å². The Kier molecular flexibility index (Phi) is 5.76. The van der Waals surface area contributed by atoms with Crippen molar-refractivity contribution in [1.29, 1.82) is 0 Å². The van der Waals surface area contributed by atoms with Gasteiger partial charge in [-0.2, -0.15) is 4.98 Å². The van der Waals surface area contributed by atoms with E-state index in [2.05, 4.69) is 15.5 Å². The number of carbonyl (C=O) groups is 1. The van der Waals surface area contributed by atoms with Crippen LogP contribution in [0.1, 0.15) is 31.2 Å². The molecule has 3 rings (SSSR count). The fourth-order valence-electron chi connectivity index (χ4n) is 2.30. The summed E-state index contributed by atoms with van der Waals surface area (Å²) in [5.41, 5.74) is 2.38. The number of hydrogen-bond acceptors (Lipinski definition) is 5. The van der Waals surface area contributed by atoms with Crippen molar-refractivity contribution in [2.24, 2.45) is 0 Å². The number of nitrogens with one attached hydrogen (secondary N) is 1. The van der Waals surface area contributed by atoms with Crippen LogP contribution < -0.4 is 10.1 Å². The molecule has 0 saturated carbocycles. The van der Waals surface area contributed by atoms with Crippen LogP contribution in [0.15, 0.2) is 47.0 Å². The second kappa shape index (κ2) is 8.22. The first-order chi connectivity index (χ1) is 12.9. The normalized spacial score (nSPS) is 10.9. The molecule has 6 nitrogen and oxygen atoms in total. The largest absolute Gasteiger partial charge is 0.484 e. The van der Waals surface area contributed by atoms with E-state index in [4.69, 9.17) is 20.9 Å². The fourth-order valence-corrected chi connectivity index (χ4v) is 2.48. The summed E-state index contributed by atoms with van der Waals surface area (Å²) in [5, 5.41) is 7.30. The predicted molar refractivity (Wildman–Crippen MR) is 104 cm³/mol. The summed E-state index contributed by atoms with van der Waals surface area (Å²) in [6, 6.07) is 12.5. The van der Waals surface area contributed by atoms with Gasteiger partial charge in [-0.3, -0.25) is 4.79 Å². The minimum Gasteiger partial charge on any atom is -0.484 e. The van der Waals surface area contributed by atoms with Crippen LogP contribution in [0.2, 0.25) is 5.02 Å². The molecule has 0 aliphatic carbocycles. The molecule has 140 valence electrons. The molecular formula is C20H20ClN3O3. The average Bonchev–Trinajstić information content (AvgIpc) is 3.14. The van der Waals surface area contributed by atoms with Crippen molar-refractivity contribution < 1.29 is 14.1 Å². The number of carbonyl (C=O) groups excluding carboxylic acids is 1. The molecule has 0 spiro atoms. The number of benzene rings is 2. The zero-order chi connectivity index (χ0) is 19.4. The number of amides is 1. The molecule has 2 aromatic carbocycles. The zero-order valence-corrected chi connectivity index (χ0v) is 16.1. The van der Waals surface area contributed by atoms with E-state index in [0.29, 0.717) is 28.2 Å². The molecule has 0 bridgehead atoms. The summed E-state index contributed by atoms with van der Waals surface area (Å²) in [7, 11) is 0. The lowest BCUT2D eigenvalue weighted by molar-refractivity contribution is -0.118. The molecule has 0 atom stereocenters. The number of nitrogens with zero attached hydrogens (tertiary/aromatic N) is 2. The number of hydrogen-bond donors (Lipinski definition) is 1. The van der Waals surface area contributed by atoms with E-state index in [9.17, 15) is 4.79 Å². The molecule has 0 unspecified atom stereocenters. The lowest BCUT2D eigenvalue weighted by Crippen LogP contribution is -2.20. The quantitative estimate of drug-likeness (QED) is 0.657. The van der Waals surface area contributed by atoms with E-state index in [1.165, 1.54) is 0 Å². The third-order valence-electron chi connectivity index (χ3n) is 3.88. The number of aromatic nitrogens is 2. The van der Waals surface area contributed by atoms with Crippen LogP contribution in [0.25, 0.3) is 11.5 Å². The second-order valence-corrected chi connectivity index (χ2v) is 6.84. The Balaban J connectivity index is 1.56. The van der Waals surface area contributed by atoms with Crippen molar-refractivity contribution in [1.82, 2.24) is 10.1 Å². The van der Waals surface area contributed by atoms with E-state index >= 15 is 0 Å². The molecule has 1 amide bonds. The molecule has 7 heteroatoms. The summed E-state index contributed by atoms with van der Waals surface area (Å²) < 4.78 is 10.8. The van der Waals surface area contributed by atoms with Gasteiger partial charge in [0.05, 0.1) is 0 Å². The van der Waals surface area contributed by atoms with Gasteiger partial charge in [0.1, 0.15) is 5.75 Å². The third-order valence-corrected chi connectivity index (χ3v) is 4.29. The molecule has 3 aromatic rings. The monoisotopic (exact) mass is 385 g/mol. The van der Waals surface area contributed by atoms with Crippen LogP contribution >= 0.6 is 11.6 Å². The van der Waals surface area contributed by atoms with Crippen molar-refractivity contribution in [3.05, 3.63) is 58.9 Å². The van der Waals surface area contributed by atoms with Gasteiger partial charge in [-0.05, 0) is 48.9 Å². The fraction of sp³-hybridized carbons (Fsp3) is 0.250. The van der Waals surface area contributed by atoms with E-state index < -0.39 is 0 Å². The maximum absolute atomic E-state index is 12.0. The smallest absolute Gasteiger partial charge is 0.262 e. The van der Waals surface area contributed by atoms with Crippen LogP contribution in [-0.2, 0) is 4.79 Å². The summed E-state index contributed by atoms with van der Waals surface area (Å²) in [4.78, 5) is 16.4. The van der Waals surface area contributed by atoms with Gasteiger partial charge in [0, 0.05) is 22.2 Å². The molecule has 0 fully saturated rings. The minimum atomic E-state index is -0.266. The van der Waals surface area contributed by atoms with Gasteiger partial charge in [0.2, 0.25) is 0 Å². The molecule has 27 heavy (non-hydrogen) atoms. The highest BCUT2D eigenvalue weighted by Crippen LogP contribution is 2.23. The first-order valence-electron chi connectivity index (χ1n) is 8.55. The molecule has 1 aromatic heterocycles. The van der Waals surface area contributed by atoms with Crippen molar-refractivity contribution >= 4 is 23.2 Å². The maximum atomic E-state index is 12.0. The Hall–Kier alpha value is -2.86. The van der Waals surface area contributed by atoms with Gasteiger partial charge < -0.3 is 14.6 Å². The second-order valence-electron chi connectivity index (χ2n) is 6.44. The van der Waals surface area contributed by atoms with E-state index in [-0.39, 0.29) is 18.4 Å². The van der Waals surface area contributed by atoms with Gasteiger partial charge in [0.25, 0.3) is 11.8 Å². The number of ether oxygens (including phenoxy) is 1. The highest BCUT2D eigenvalue weighted by Gasteiger charge is 2.12. The summed E-state index contributed by atoms with van der Waals surface area (Å²) in [6.07, 6.45) is 0. The molecule has 0 aliphatic rings. The Morgan fingerprint density at radius 1 is 1.22 bits per heavy atom. The SMILES string of the molecule is Cc1ccc(NC(=O)COc2ccc(-c3nc(C(C)C)no3)cc2)cc1Cl. The van der Waals surface area contributed by atoms with Gasteiger partial charge in [-0.25, -0.2) is 0 Å². The highest BCUT2D eigenvalue weighted by molar-refractivity contribution is 6.31. The maximum Gasteiger partial charge on any atom is 0.262 e. The van der Waals surface area contributed by atoms with Crippen LogP contribution in [0.3, 0.4) is 0 Å².